The third-order valence-electron chi connectivity index (χ3n) is 2.59. The van der Waals surface area contributed by atoms with Crippen molar-refractivity contribution in [3.63, 3.8) is 0 Å². The van der Waals surface area contributed by atoms with Crippen molar-refractivity contribution in [1.82, 2.24) is 25.2 Å². The predicted molar refractivity (Wildman–Crippen MR) is 73.8 cm³/mol. The minimum Gasteiger partial charge on any atom is -0.436 e. The molecule has 0 saturated carbocycles. The number of ether oxygens (including phenoxy) is 1. The molecule has 0 fully saturated rings. The zero-order valence-electron chi connectivity index (χ0n) is 10.8. The minimum atomic E-state index is -0.662. The summed E-state index contributed by atoms with van der Waals surface area (Å²) >= 11 is 5.62. The van der Waals surface area contributed by atoms with Gasteiger partial charge in [-0.2, -0.15) is 0 Å². The molecule has 3 rings (SSSR count). The molecular formula is C13H7ClFN5O2. The first-order valence-corrected chi connectivity index (χ1v) is 6.38. The lowest BCUT2D eigenvalue weighted by Gasteiger charge is -2.06. The van der Waals surface area contributed by atoms with Gasteiger partial charge in [0.2, 0.25) is 5.82 Å². The number of aromatic nitrogens is 5. The Hall–Kier alpha value is -2.87. The van der Waals surface area contributed by atoms with E-state index < -0.39 is 5.82 Å². The van der Waals surface area contributed by atoms with E-state index in [9.17, 15) is 9.18 Å². The minimum absolute atomic E-state index is 0.0206. The Labute approximate surface area is 128 Å². The number of hydrogen-bond donors (Lipinski definition) is 0. The number of aldehydes is 1. The summed E-state index contributed by atoms with van der Waals surface area (Å²) in [6.07, 6.45) is 1.78. The van der Waals surface area contributed by atoms with Gasteiger partial charge in [0.15, 0.2) is 12.1 Å². The maximum Gasteiger partial charge on any atom is 0.255 e. The van der Waals surface area contributed by atoms with Crippen LogP contribution < -0.4 is 4.74 Å². The van der Waals surface area contributed by atoms with Crippen LogP contribution in [0.4, 0.5) is 4.39 Å². The molecule has 0 unspecified atom stereocenters. The third kappa shape index (κ3) is 2.91. The monoisotopic (exact) mass is 319 g/mol. The topological polar surface area (TPSA) is 82.8 Å². The van der Waals surface area contributed by atoms with Gasteiger partial charge in [-0.05, 0) is 35.5 Å². The second-order valence-electron chi connectivity index (χ2n) is 4.09. The van der Waals surface area contributed by atoms with Crippen LogP contribution in [0.5, 0.6) is 11.6 Å². The molecule has 0 aliphatic carbocycles. The fourth-order valence-electron chi connectivity index (χ4n) is 1.62. The lowest BCUT2D eigenvalue weighted by Crippen LogP contribution is -1.99. The summed E-state index contributed by atoms with van der Waals surface area (Å²) in [6.45, 7) is 0. The second kappa shape index (κ2) is 5.86. The standard InChI is InChI=1S/C13H7ClFN5O2/c14-8-5-11(15)13(16-6-8)22-10-3-1-9(2-4-10)20-18-12(7-21)17-19-20/h1-7H. The van der Waals surface area contributed by atoms with Gasteiger partial charge in [0, 0.05) is 6.20 Å². The van der Waals surface area contributed by atoms with Crippen LogP contribution in [0.2, 0.25) is 5.02 Å². The van der Waals surface area contributed by atoms with Gasteiger partial charge in [-0.3, -0.25) is 4.79 Å². The van der Waals surface area contributed by atoms with Crippen LogP contribution in [-0.4, -0.2) is 31.5 Å². The summed E-state index contributed by atoms with van der Waals surface area (Å²) in [5.74, 6) is -0.495. The fraction of sp³-hybridized carbons (Fsp3) is 0. The highest BCUT2D eigenvalue weighted by Gasteiger charge is 2.08. The molecule has 0 atom stereocenters. The number of pyridine rings is 1. The van der Waals surface area contributed by atoms with E-state index in [1.165, 1.54) is 11.0 Å². The molecule has 0 spiro atoms. The SMILES string of the molecule is O=Cc1nnn(-c2ccc(Oc3ncc(Cl)cc3F)cc2)n1. The van der Waals surface area contributed by atoms with E-state index in [1.54, 1.807) is 24.3 Å². The molecule has 0 N–H and O–H groups in total. The van der Waals surface area contributed by atoms with E-state index in [0.717, 1.165) is 6.07 Å². The Bertz CT molecular complexity index is 822. The Morgan fingerprint density at radius 1 is 1.27 bits per heavy atom. The molecule has 2 aromatic heterocycles. The third-order valence-corrected chi connectivity index (χ3v) is 2.80. The molecule has 22 heavy (non-hydrogen) atoms. The van der Waals surface area contributed by atoms with Crippen molar-refractivity contribution >= 4 is 17.9 Å². The highest BCUT2D eigenvalue weighted by atomic mass is 35.5. The van der Waals surface area contributed by atoms with Gasteiger partial charge in [-0.1, -0.05) is 11.6 Å². The number of hydrogen-bond acceptors (Lipinski definition) is 6. The molecule has 3 aromatic rings. The number of nitrogens with zero attached hydrogens (tertiary/aromatic N) is 5. The maximum absolute atomic E-state index is 13.6. The van der Waals surface area contributed by atoms with Crippen molar-refractivity contribution < 1.29 is 13.9 Å². The molecular weight excluding hydrogens is 313 g/mol. The zero-order valence-corrected chi connectivity index (χ0v) is 11.6. The van der Waals surface area contributed by atoms with Crippen LogP contribution in [0.25, 0.3) is 5.69 Å². The molecule has 110 valence electrons. The molecule has 0 aliphatic rings. The summed E-state index contributed by atoms with van der Waals surface area (Å²) < 4.78 is 18.9. The van der Waals surface area contributed by atoms with E-state index in [2.05, 4.69) is 20.4 Å². The first-order valence-electron chi connectivity index (χ1n) is 6.00. The Morgan fingerprint density at radius 3 is 2.68 bits per heavy atom. The maximum atomic E-state index is 13.6. The van der Waals surface area contributed by atoms with E-state index in [4.69, 9.17) is 16.3 Å². The number of rotatable bonds is 4. The average Bonchev–Trinajstić information content (AvgIpc) is 3.00. The first-order chi connectivity index (χ1) is 10.7. The molecule has 1 aromatic carbocycles. The van der Waals surface area contributed by atoms with Crippen molar-refractivity contribution in [1.29, 1.82) is 0 Å². The second-order valence-corrected chi connectivity index (χ2v) is 4.53. The van der Waals surface area contributed by atoms with Gasteiger partial charge in [-0.15, -0.1) is 15.0 Å². The van der Waals surface area contributed by atoms with Crippen LogP contribution >= 0.6 is 11.6 Å². The predicted octanol–water partition coefficient (Wildman–Crippen LogP) is 2.45. The molecule has 0 radical (unpaired) electrons. The van der Waals surface area contributed by atoms with Gasteiger partial charge in [0.25, 0.3) is 5.88 Å². The number of carbonyl (C=O) groups excluding carboxylic acids is 1. The molecule has 0 amide bonds. The fourth-order valence-corrected chi connectivity index (χ4v) is 1.76. The Morgan fingerprint density at radius 2 is 2.05 bits per heavy atom. The number of halogens is 2. The van der Waals surface area contributed by atoms with Gasteiger partial charge in [0.1, 0.15) is 5.75 Å². The van der Waals surface area contributed by atoms with E-state index in [1.807, 2.05) is 0 Å². The van der Waals surface area contributed by atoms with Gasteiger partial charge >= 0.3 is 0 Å². The van der Waals surface area contributed by atoms with Crippen molar-refractivity contribution in [3.05, 3.63) is 53.2 Å². The number of benzene rings is 1. The lowest BCUT2D eigenvalue weighted by atomic mass is 10.3. The Balaban J connectivity index is 1.80. The van der Waals surface area contributed by atoms with Gasteiger partial charge in [-0.25, -0.2) is 9.37 Å². The zero-order chi connectivity index (χ0) is 15.5. The summed E-state index contributed by atoms with van der Waals surface area (Å²) in [7, 11) is 0. The average molecular weight is 320 g/mol. The van der Waals surface area contributed by atoms with Crippen LogP contribution in [0.1, 0.15) is 10.6 Å². The first kappa shape index (κ1) is 14.1. The Kier molecular flexibility index (Phi) is 3.75. The van der Waals surface area contributed by atoms with Crippen LogP contribution in [-0.2, 0) is 0 Å². The number of carbonyl (C=O) groups is 1. The van der Waals surface area contributed by atoms with Crippen LogP contribution in [0, 0.1) is 5.82 Å². The molecule has 7 nitrogen and oxygen atoms in total. The smallest absolute Gasteiger partial charge is 0.255 e. The summed E-state index contributed by atoms with van der Waals surface area (Å²) in [5.41, 5.74) is 0.567. The molecule has 2 heterocycles. The van der Waals surface area contributed by atoms with Crippen LogP contribution in [0.15, 0.2) is 36.5 Å². The quantitative estimate of drug-likeness (QED) is 0.687. The largest absolute Gasteiger partial charge is 0.436 e. The summed E-state index contributed by atoms with van der Waals surface area (Å²) in [4.78, 5) is 15.5. The van der Waals surface area contributed by atoms with Crippen molar-refractivity contribution in [2.24, 2.45) is 0 Å². The molecule has 9 heteroatoms. The normalized spacial score (nSPS) is 10.5. The molecule has 0 saturated heterocycles. The van der Waals surface area contributed by atoms with E-state index in [0.29, 0.717) is 17.7 Å². The van der Waals surface area contributed by atoms with E-state index >= 15 is 0 Å². The summed E-state index contributed by atoms with van der Waals surface area (Å²) in [6, 6.07) is 7.52. The van der Waals surface area contributed by atoms with Gasteiger partial charge in [0.05, 0.1) is 10.7 Å². The van der Waals surface area contributed by atoms with Crippen LogP contribution in [0.3, 0.4) is 0 Å². The lowest BCUT2D eigenvalue weighted by molar-refractivity contribution is 0.111. The highest BCUT2D eigenvalue weighted by molar-refractivity contribution is 6.30. The van der Waals surface area contributed by atoms with Gasteiger partial charge < -0.3 is 4.74 Å². The van der Waals surface area contributed by atoms with Crippen molar-refractivity contribution in [2.75, 3.05) is 0 Å². The summed E-state index contributed by atoms with van der Waals surface area (Å²) in [5, 5.41) is 11.3. The highest BCUT2D eigenvalue weighted by Crippen LogP contribution is 2.24. The molecule has 0 bridgehead atoms. The van der Waals surface area contributed by atoms with Crippen molar-refractivity contribution in [3.8, 4) is 17.3 Å². The van der Waals surface area contributed by atoms with E-state index in [-0.39, 0.29) is 16.7 Å². The van der Waals surface area contributed by atoms with Crippen molar-refractivity contribution in [2.45, 2.75) is 0 Å². The number of tetrazole rings is 1. The molecule has 0 aliphatic heterocycles.